The Morgan fingerprint density at radius 1 is 0.378 bits per heavy atom. The molecule has 0 bridgehead atoms. The summed E-state index contributed by atoms with van der Waals surface area (Å²) in [6.07, 6.45) is 80.7. The van der Waals surface area contributed by atoms with Gasteiger partial charge < -0.3 is 20.3 Å². The van der Waals surface area contributed by atoms with Crippen molar-refractivity contribution in [3.8, 4) is 0 Å². The lowest BCUT2D eigenvalue weighted by atomic mass is 10.0. The largest absolute Gasteiger partial charge is 0.466 e. The molecule has 0 aliphatic carbocycles. The normalized spacial score (nSPS) is 12.8. The van der Waals surface area contributed by atoms with E-state index in [2.05, 4.69) is 43.5 Å². The predicted molar refractivity (Wildman–Crippen MR) is 324 cm³/mol. The van der Waals surface area contributed by atoms with E-state index in [1.54, 1.807) is 6.08 Å². The molecule has 0 fully saturated rings. The Kier molecular flexibility index (Phi) is 62.0. The summed E-state index contributed by atoms with van der Waals surface area (Å²) in [5, 5.41) is 23.1. The minimum absolute atomic E-state index is 0.0153. The highest BCUT2D eigenvalue weighted by atomic mass is 16.5. The van der Waals surface area contributed by atoms with E-state index in [4.69, 9.17) is 4.74 Å². The number of hydrogen-bond acceptors (Lipinski definition) is 5. The van der Waals surface area contributed by atoms with Gasteiger partial charge in [-0.05, 0) is 64.2 Å². The third-order valence-corrected chi connectivity index (χ3v) is 15.4. The Balaban J connectivity index is 3.39. The highest BCUT2D eigenvalue weighted by Gasteiger charge is 2.18. The fraction of sp³-hybridized carbons (Fsp3) is 0.882. The third-order valence-electron chi connectivity index (χ3n) is 15.4. The lowest BCUT2D eigenvalue weighted by molar-refractivity contribution is -0.143. The molecular formula is C68H129NO5. The van der Waals surface area contributed by atoms with Crippen LogP contribution in [0.15, 0.2) is 36.5 Å². The highest BCUT2D eigenvalue weighted by molar-refractivity contribution is 5.76. The molecule has 0 radical (unpaired) electrons. The van der Waals surface area contributed by atoms with Crippen LogP contribution in [0.5, 0.6) is 0 Å². The molecule has 0 rings (SSSR count). The maximum absolute atomic E-state index is 12.4. The Morgan fingerprint density at radius 2 is 0.676 bits per heavy atom. The fourth-order valence-corrected chi connectivity index (χ4v) is 10.3. The van der Waals surface area contributed by atoms with Gasteiger partial charge in [0.2, 0.25) is 5.91 Å². The van der Waals surface area contributed by atoms with Crippen molar-refractivity contribution < 1.29 is 24.5 Å². The van der Waals surface area contributed by atoms with Gasteiger partial charge in [0.15, 0.2) is 0 Å². The number of carbonyl (C=O) groups is 2. The van der Waals surface area contributed by atoms with Gasteiger partial charge in [-0.2, -0.15) is 0 Å². The van der Waals surface area contributed by atoms with Crippen molar-refractivity contribution in [2.45, 2.75) is 373 Å². The second-order valence-corrected chi connectivity index (χ2v) is 22.8. The van der Waals surface area contributed by atoms with E-state index < -0.39 is 12.1 Å². The molecule has 0 spiro atoms. The SMILES string of the molecule is CCCCCCCCCCCC/C=C/C(O)C(CO)NC(=O)CCCCCCCCCCCCCCCCC/C=C\C/C=C\CCCCCCCCCCCOC(=O)CCCCCCCCCCCCCCCC. The van der Waals surface area contributed by atoms with Crippen molar-refractivity contribution in [2.75, 3.05) is 13.2 Å². The van der Waals surface area contributed by atoms with Crippen molar-refractivity contribution >= 4 is 11.9 Å². The molecule has 6 heteroatoms. The zero-order valence-electron chi connectivity index (χ0n) is 49.8. The first-order chi connectivity index (χ1) is 36.5. The Morgan fingerprint density at radius 3 is 1.03 bits per heavy atom. The van der Waals surface area contributed by atoms with Crippen LogP contribution in [-0.2, 0) is 14.3 Å². The molecule has 0 aromatic carbocycles. The van der Waals surface area contributed by atoms with E-state index >= 15 is 0 Å². The van der Waals surface area contributed by atoms with Crippen molar-refractivity contribution in [1.29, 1.82) is 0 Å². The predicted octanol–water partition coefficient (Wildman–Crippen LogP) is 21.1. The number of carbonyl (C=O) groups excluding carboxylic acids is 2. The second kappa shape index (κ2) is 63.6. The minimum atomic E-state index is -0.843. The molecule has 74 heavy (non-hydrogen) atoms. The van der Waals surface area contributed by atoms with E-state index in [1.165, 1.54) is 289 Å². The van der Waals surface area contributed by atoms with Gasteiger partial charge in [0.05, 0.1) is 25.4 Å². The molecule has 1 amide bonds. The summed E-state index contributed by atoms with van der Waals surface area (Å²) in [5.74, 6) is -0.0518. The lowest BCUT2D eigenvalue weighted by Crippen LogP contribution is -2.45. The van der Waals surface area contributed by atoms with E-state index in [-0.39, 0.29) is 18.5 Å². The van der Waals surface area contributed by atoms with E-state index in [1.807, 2.05) is 6.08 Å². The number of esters is 1. The summed E-state index contributed by atoms with van der Waals surface area (Å²) in [4.78, 5) is 24.5. The van der Waals surface area contributed by atoms with Crippen molar-refractivity contribution in [1.82, 2.24) is 5.32 Å². The number of allylic oxidation sites excluding steroid dienone is 5. The number of aliphatic hydroxyl groups is 2. The maximum atomic E-state index is 12.4. The number of aliphatic hydroxyl groups excluding tert-OH is 2. The van der Waals surface area contributed by atoms with Gasteiger partial charge in [0.25, 0.3) is 0 Å². The van der Waals surface area contributed by atoms with E-state index in [0.29, 0.717) is 19.4 Å². The number of hydrogen-bond donors (Lipinski definition) is 3. The molecular weight excluding hydrogens is 911 g/mol. The van der Waals surface area contributed by atoms with Gasteiger partial charge in [-0.15, -0.1) is 0 Å². The van der Waals surface area contributed by atoms with Gasteiger partial charge in [-0.1, -0.05) is 320 Å². The molecule has 0 aliphatic heterocycles. The number of unbranched alkanes of at least 4 members (excludes halogenated alkanes) is 47. The Hall–Kier alpha value is -1.92. The third kappa shape index (κ3) is 59.3. The summed E-state index contributed by atoms with van der Waals surface area (Å²) in [6.45, 7) is 4.91. The number of ether oxygens (including phenoxy) is 1. The van der Waals surface area contributed by atoms with Crippen LogP contribution in [0.1, 0.15) is 361 Å². The van der Waals surface area contributed by atoms with Crippen molar-refractivity contribution in [3.63, 3.8) is 0 Å². The summed E-state index contributed by atoms with van der Waals surface area (Å²) in [5.41, 5.74) is 0. The number of rotatable bonds is 62. The van der Waals surface area contributed by atoms with E-state index in [9.17, 15) is 19.8 Å². The lowest BCUT2D eigenvalue weighted by Gasteiger charge is -2.20. The van der Waals surface area contributed by atoms with Crippen LogP contribution in [0.3, 0.4) is 0 Å². The summed E-state index contributed by atoms with van der Waals surface area (Å²) >= 11 is 0. The van der Waals surface area contributed by atoms with Crippen LogP contribution in [-0.4, -0.2) is 47.4 Å². The number of nitrogens with one attached hydrogen (secondary N) is 1. The van der Waals surface area contributed by atoms with Crippen LogP contribution < -0.4 is 5.32 Å². The van der Waals surface area contributed by atoms with Crippen LogP contribution in [0.4, 0.5) is 0 Å². The quantitative estimate of drug-likeness (QED) is 0.0320. The molecule has 0 aromatic heterocycles. The van der Waals surface area contributed by atoms with Gasteiger partial charge in [-0.3, -0.25) is 9.59 Å². The van der Waals surface area contributed by atoms with Gasteiger partial charge in [0.1, 0.15) is 0 Å². The average Bonchev–Trinajstić information content (AvgIpc) is 3.40. The molecule has 436 valence electrons. The maximum Gasteiger partial charge on any atom is 0.305 e. The summed E-state index contributed by atoms with van der Waals surface area (Å²) in [7, 11) is 0. The van der Waals surface area contributed by atoms with Crippen molar-refractivity contribution in [3.05, 3.63) is 36.5 Å². The van der Waals surface area contributed by atoms with Crippen LogP contribution in [0.25, 0.3) is 0 Å². The topological polar surface area (TPSA) is 95.9 Å². The molecule has 3 N–H and O–H groups in total. The second-order valence-electron chi connectivity index (χ2n) is 22.8. The molecule has 0 saturated heterocycles. The molecule has 0 saturated carbocycles. The average molecular weight is 1040 g/mol. The zero-order valence-corrected chi connectivity index (χ0v) is 49.8. The number of amides is 1. The minimum Gasteiger partial charge on any atom is -0.466 e. The first-order valence-electron chi connectivity index (χ1n) is 33.3. The van der Waals surface area contributed by atoms with Gasteiger partial charge in [-0.25, -0.2) is 0 Å². The Labute approximate surface area is 462 Å². The molecule has 2 unspecified atom stereocenters. The first-order valence-corrected chi connectivity index (χ1v) is 33.3. The molecule has 2 atom stereocenters. The summed E-state index contributed by atoms with van der Waals surface area (Å²) < 4.78 is 5.49. The summed E-state index contributed by atoms with van der Waals surface area (Å²) in [6, 6.07) is -0.626. The molecule has 6 nitrogen and oxygen atoms in total. The standard InChI is InChI=1S/C68H129NO5/c1-3-5-7-9-11-13-15-17-38-42-46-50-54-58-62-68(73)74-63-59-55-51-47-43-39-36-34-32-30-28-26-24-22-20-18-19-21-23-25-27-29-31-33-35-37-41-45-49-53-57-61-67(72)69-65(64-70)66(71)60-56-52-48-44-40-16-14-12-10-8-6-4-2/h20,22,26,28,56,60,65-66,70-71H,3-19,21,23-25,27,29-55,57-59,61-64H2,1-2H3,(H,69,72)/b22-20-,28-26-,60-56+. The monoisotopic (exact) mass is 1040 g/mol. The van der Waals surface area contributed by atoms with Gasteiger partial charge >= 0.3 is 5.97 Å². The zero-order chi connectivity index (χ0) is 53.6. The van der Waals surface area contributed by atoms with E-state index in [0.717, 1.165) is 44.9 Å². The smallest absolute Gasteiger partial charge is 0.305 e. The molecule has 0 aromatic rings. The fourth-order valence-electron chi connectivity index (χ4n) is 10.3. The van der Waals surface area contributed by atoms with Crippen LogP contribution >= 0.6 is 0 Å². The van der Waals surface area contributed by atoms with Gasteiger partial charge in [0, 0.05) is 12.8 Å². The van der Waals surface area contributed by atoms with Crippen LogP contribution in [0, 0.1) is 0 Å². The molecule has 0 heterocycles. The molecule has 0 aliphatic rings. The first kappa shape index (κ1) is 72.1. The van der Waals surface area contributed by atoms with Crippen molar-refractivity contribution in [2.24, 2.45) is 0 Å². The Bertz CT molecular complexity index is 1200. The van der Waals surface area contributed by atoms with Crippen LogP contribution in [0.2, 0.25) is 0 Å². The highest BCUT2D eigenvalue weighted by Crippen LogP contribution is 2.18.